The van der Waals surface area contributed by atoms with Gasteiger partial charge in [-0.3, -0.25) is 9.80 Å². The third kappa shape index (κ3) is 3.37. The average molecular weight is 279 g/mol. The summed E-state index contributed by atoms with van der Waals surface area (Å²) in [6, 6.07) is 2.44. The van der Waals surface area contributed by atoms with Crippen LogP contribution in [-0.4, -0.2) is 60.6 Å². The maximum Gasteiger partial charge on any atom is 0.0137 e. The quantitative estimate of drug-likeness (QED) is 0.833. The first-order valence-electron chi connectivity index (χ1n) is 8.95. The number of piperazine rings is 1. The summed E-state index contributed by atoms with van der Waals surface area (Å²) >= 11 is 0. The predicted molar refractivity (Wildman–Crippen MR) is 85.1 cm³/mol. The van der Waals surface area contributed by atoms with Gasteiger partial charge in [-0.05, 0) is 38.1 Å². The lowest BCUT2D eigenvalue weighted by Crippen LogP contribution is -2.58. The smallest absolute Gasteiger partial charge is 0.0137 e. The zero-order valence-corrected chi connectivity index (χ0v) is 13.5. The molecule has 3 rings (SSSR count). The van der Waals surface area contributed by atoms with Crippen LogP contribution in [0.3, 0.4) is 0 Å². The molecule has 0 radical (unpaired) electrons. The number of hydrogen-bond donors (Lipinski definition) is 1. The van der Waals surface area contributed by atoms with Crippen LogP contribution in [0.1, 0.15) is 52.4 Å². The Hall–Kier alpha value is -0.120. The molecule has 0 spiro atoms. The molecule has 0 aromatic carbocycles. The van der Waals surface area contributed by atoms with E-state index < -0.39 is 0 Å². The van der Waals surface area contributed by atoms with E-state index in [-0.39, 0.29) is 0 Å². The van der Waals surface area contributed by atoms with Gasteiger partial charge in [0.05, 0.1) is 0 Å². The summed E-state index contributed by atoms with van der Waals surface area (Å²) in [5.41, 5.74) is 0. The molecule has 2 atom stereocenters. The van der Waals surface area contributed by atoms with Crippen molar-refractivity contribution >= 4 is 0 Å². The summed E-state index contributed by atoms with van der Waals surface area (Å²) in [5, 5.41) is 3.63. The average Bonchev–Trinajstić information content (AvgIpc) is 2.92. The van der Waals surface area contributed by atoms with Crippen LogP contribution in [0.4, 0.5) is 0 Å². The molecule has 0 bridgehead atoms. The molecule has 3 fully saturated rings. The summed E-state index contributed by atoms with van der Waals surface area (Å²) in [5.74, 6) is 0.912. The molecule has 2 saturated carbocycles. The third-order valence-corrected chi connectivity index (χ3v) is 5.82. The van der Waals surface area contributed by atoms with Crippen molar-refractivity contribution in [1.82, 2.24) is 15.1 Å². The lowest BCUT2D eigenvalue weighted by atomic mass is 9.78. The summed E-state index contributed by atoms with van der Waals surface area (Å²) in [6.07, 6.45) is 8.74. The second kappa shape index (κ2) is 6.76. The summed E-state index contributed by atoms with van der Waals surface area (Å²) < 4.78 is 0. The van der Waals surface area contributed by atoms with Crippen molar-refractivity contribution in [3.63, 3.8) is 0 Å². The highest BCUT2D eigenvalue weighted by atomic mass is 15.3. The van der Waals surface area contributed by atoms with E-state index in [0.29, 0.717) is 6.04 Å². The zero-order valence-electron chi connectivity index (χ0n) is 13.5. The summed E-state index contributed by atoms with van der Waals surface area (Å²) in [4.78, 5) is 5.57. The molecule has 116 valence electrons. The highest BCUT2D eigenvalue weighted by Crippen LogP contribution is 2.33. The molecule has 0 aromatic heterocycles. The van der Waals surface area contributed by atoms with Gasteiger partial charge in [0, 0.05) is 44.3 Å². The van der Waals surface area contributed by atoms with E-state index in [1.54, 1.807) is 0 Å². The molecule has 1 heterocycles. The highest BCUT2D eigenvalue weighted by Gasteiger charge is 2.37. The lowest BCUT2D eigenvalue weighted by molar-refractivity contribution is 0.00956. The monoisotopic (exact) mass is 279 g/mol. The van der Waals surface area contributed by atoms with Crippen LogP contribution < -0.4 is 5.32 Å². The van der Waals surface area contributed by atoms with Crippen LogP contribution in [0.5, 0.6) is 0 Å². The molecule has 3 heteroatoms. The van der Waals surface area contributed by atoms with Crippen molar-refractivity contribution in [2.45, 2.75) is 70.5 Å². The fourth-order valence-corrected chi connectivity index (χ4v) is 4.36. The maximum atomic E-state index is 3.63. The van der Waals surface area contributed by atoms with Gasteiger partial charge in [-0.25, -0.2) is 0 Å². The molecular weight excluding hydrogens is 246 g/mol. The standard InChI is InChI=1S/C17H33N3/c1-14(2)18-13-15-7-8-17(15)20-11-9-19(10-12-20)16-5-3-4-6-16/h14-18H,3-13H2,1-2H3. The fourth-order valence-electron chi connectivity index (χ4n) is 4.36. The van der Waals surface area contributed by atoms with Gasteiger partial charge >= 0.3 is 0 Å². The highest BCUT2D eigenvalue weighted by molar-refractivity contribution is 4.93. The van der Waals surface area contributed by atoms with Crippen molar-refractivity contribution in [3.8, 4) is 0 Å². The molecule has 1 N–H and O–H groups in total. The van der Waals surface area contributed by atoms with E-state index >= 15 is 0 Å². The second-order valence-electron chi connectivity index (χ2n) is 7.48. The van der Waals surface area contributed by atoms with E-state index in [1.165, 1.54) is 71.2 Å². The molecule has 0 aromatic rings. The number of nitrogens with zero attached hydrogens (tertiary/aromatic N) is 2. The molecule has 3 nitrogen and oxygen atoms in total. The molecular formula is C17H33N3. The Morgan fingerprint density at radius 2 is 1.55 bits per heavy atom. The van der Waals surface area contributed by atoms with Crippen LogP contribution in [0, 0.1) is 5.92 Å². The Kier molecular flexibility index (Phi) is 5.00. The van der Waals surface area contributed by atoms with Gasteiger partial charge < -0.3 is 5.32 Å². The Morgan fingerprint density at radius 1 is 0.900 bits per heavy atom. The molecule has 0 amide bonds. The summed E-state index contributed by atoms with van der Waals surface area (Å²) in [7, 11) is 0. The van der Waals surface area contributed by atoms with Crippen LogP contribution in [0.2, 0.25) is 0 Å². The van der Waals surface area contributed by atoms with Crippen molar-refractivity contribution < 1.29 is 0 Å². The van der Waals surface area contributed by atoms with Gasteiger partial charge in [-0.1, -0.05) is 26.7 Å². The largest absolute Gasteiger partial charge is 0.314 e. The zero-order chi connectivity index (χ0) is 13.9. The summed E-state index contributed by atoms with van der Waals surface area (Å²) in [6.45, 7) is 11.0. The van der Waals surface area contributed by atoms with Gasteiger partial charge in [-0.2, -0.15) is 0 Å². The third-order valence-electron chi connectivity index (χ3n) is 5.82. The van der Waals surface area contributed by atoms with Crippen LogP contribution in [0.15, 0.2) is 0 Å². The molecule has 1 saturated heterocycles. The molecule has 2 unspecified atom stereocenters. The van der Waals surface area contributed by atoms with Crippen molar-refractivity contribution in [2.75, 3.05) is 32.7 Å². The van der Waals surface area contributed by atoms with E-state index in [2.05, 4.69) is 29.0 Å². The van der Waals surface area contributed by atoms with Crippen LogP contribution >= 0.6 is 0 Å². The minimum absolute atomic E-state index is 0.635. The Labute approximate surface area is 125 Å². The fraction of sp³-hybridized carbons (Fsp3) is 1.00. The van der Waals surface area contributed by atoms with Gasteiger partial charge in [0.1, 0.15) is 0 Å². The van der Waals surface area contributed by atoms with Crippen molar-refractivity contribution in [1.29, 1.82) is 0 Å². The molecule has 1 aliphatic heterocycles. The first-order valence-corrected chi connectivity index (χ1v) is 8.95. The van der Waals surface area contributed by atoms with Gasteiger partial charge in [-0.15, -0.1) is 0 Å². The van der Waals surface area contributed by atoms with E-state index in [1.807, 2.05) is 0 Å². The molecule has 20 heavy (non-hydrogen) atoms. The van der Waals surface area contributed by atoms with E-state index in [9.17, 15) is 0 Å². The minimum atomic E-state index is 0.635. The first kappa shape index (κ1) is 14.8. The van der Waals surface area contributed by atoms with E-state index in [4.69, 9.17) is 0 Å². The van der Waals surface area contributed by atoms with Gasteiger partial charge in [0.2, 0.25) is 0 Å². The maximum absolute atomic E-state index is 3.63. The van der Waals surface area contributed by atoms with E-state index in [0.717, 1.165) is 18.0 Å². The van der Waals surface area contributed by atoms with Gasteiger partial charge in [0.15, 0.2) is 0 Å². The normalized spacial score (nSPS) is 33.8. The Balaban J connectivity index is 1.41. The number of nitrogens with one attached hydrogen (secondary N) is 1. The van der Waals surface area contributed by atoms with Crippen molar-refractivity contribution in [2.24, 2.45) is 5.92 Å². The minimum Gasteiger partial charge on any atom is -0.314 e. The predicted octanol–water partition coefficient (Wildman–Crippen LogP) is 2.32. The lowest BCUT2D eigenvalue weighted by Gasteiger charge is -2.48. The SMILES string of the molecule is CC(C)NCC1CCC1N1CCN(C2CCCC2)CC1. The first-order chi connectivity index (χ1) is 9.74. The van der Waals surface area contributed by atoms with Crippen molar-refractivity contribution in [3.05, 3.63) is 0 Å². The topological polar surface area (TPSA) is 18.5 Å². The number of rotatable bonds is 5. The van der Waals surface area contributed by atoms with Crippen LogP contribution in [-0.2, 0) is 0 Å². The molecule has 2 aliphatic carbocycles. The second-order valence-corrected chi connectivity index (χ2v) is 7.48. The Morgan fingerprint density at radius 3 is 2.10 bits per heavy atom. The van der Waals surface area contributed by atoms with Gasteiger partial charge in [0.25, 0.3) is 0 Å². The van der Waals surface area contributed by atoms with Crippen LogP contribution in [0.25, 0.3) is 0 Å². The number of hydrogen-bond acceptors (Lipinski definition) is 3. The Bertz CT molecular complexity index is 291. The molecule has 3 aliphatic rings.